The predicted molar refractivity (Wildman–Crippen MR) is 117 cm³/mol. The molecule has 0 aliphatic rings. The fraction of sp³-hybridized carbons (Fsp3) is 0.120. The topological polar surface area (TPSA) is 56.1 Å². The maximum Gasteiger partial charge on any atom is 0.434 e. The molecule has 0 aliphatic heterocycles. The van der Waals surface area contributed by atoms with Crippen molar-refractivity contribution in [1.29, 1.82) is 0 Å². The Morgan fingerprint density at radius 2 is 1.56 bits per heavy atom. The van der Waals surface area contributed by atoms with Crippen LogP contribution in [0.5, 0.6) is 5.75 Å². The van der Waals surface area contributed by atoms with Crippen molar-refractivity contribution in [1.82, 2.24) is 15.1 Å². The lowest BCUT2D eigenvalue weighted by Crippen LogP contribution is -2.26. The van der Waals surface area contributed by atoms with Crippen LogP contribution in [0.15, 0.2) is 85.1 Å². The van der Waals surface area contributed by atoms with Gasteiger partial charge >= 0.3 is 6.18 Å². The molecule has 1 N–H and O–H groups in total. The molecule has 0 spiro atoms. The molecule has 1 amide bonds. The molecule has 174 valence electrons. The van der Waals surface area contributed by atoms with Gasteiger partial charge in [-0.3, -0.25) is 4.79 Å². The molecule has 34 heavy (non-hydrogen) atoms. The van der Waals surface area contributed by atoms with Crippen LogP contribution in [-0.2, 0) is 19.3 Å². The first-order valence-electron chi connectivity index (χ1n) is 10.3. The van der Waals surface area contributed by atoms with E-state index in [1.807, 2.05) is 42.5 Å². The first-order chi connectivity index (χ1) is 16.3. The second-order valence-electron chi connectivity index (χ2n) is 7.37. The molecule has 0 unspecified atom stereocenters. The van der Waals surface area contributed by atoms with Crippen molar-refractivity contribution in [2.24, 2.45) is 0 Å². The summed E-state index contributed by atoms with van der Waals surface area (Å²) < 4.78 is 61.4. The van der Waals surface area contributed by atoms with Crippen LogP contribution in [0.4, 0.5) is 17.6 Å². The Bertz CT molecular complexity index is 1270. The van der Waals surface area contributed by atoms with Gasteiger partial charge < -0.3 is 10.1 Å². The van der Waals surface area contributed by atoms with E-state index in [2.05, 4.69) is 10.4 Å². The van der Waals surface area contributed by atoms with Crippen molar-refractivity contribution in [3.05, 3.63) is 113 Å². The average Bonchev–Trinajstić information content (AvgIpc) is 3.29. The second kappa shape index (κ2) is 9.78. The van der Waals surface area contributed by atoms with Crippen molar-refractivity contribution in [2.75, 3.05) is 0 Å². The molecule has 0 radical (unpaired) electrons. The lowest BCUT2D eigenvalue weighted by atomic mass is 10.1. The van der Waals surface area contributed by atoms with E-state index in [0.29, 0.717) is 16.9 Å². The lowest BCUT2D eigenvalue weighted by Gasteiger charge is -2.13. The van der Waals surface area contributed by atoms with Gasteiger partial charge in [-0.2, -0.15) is 18.3 Å². The monoisotopic (exact) mass is 469 g/mol. The van der Waals surface area contributed by atoms with Crippen molar-refractivity contribution in [2.45, 2.75) is 19.3 Å². The fourth-order valence-corrected chi connectivity index (χ4v) is 3.31. The SMILES string of the molecule is O=C(NCc1ccc(COc2ccccc2)cc1)c1cnn(-c2ccccc2F)c1C(F)(F)F. The van der Waals surface area contributed by atoms with E-state index in [1.165, 1.54) is 12.1 Å². The fourth-order valence-electron chi connectivity index (χ4n) is 3.31. The highest BCUT2D eigenvalue weighted by atomic mass is 19.4. The number of amides is 1. The molecular weight excluding hydrogens is 450 g/mol. The first kappa shape index (κ1) is 23.0. The quantitative estimate of drug-likeness (QED) is 0.362. The summed E-state index contributed by atoms with van der Waals surface area (Å²) in [7, 11) is 0. The summed E-state index contributed by atoms with van der Waals surface area (Å²) in [6.07, 6.45) is -4.14. The van der Waals surface area contributed by atoms with Crippen molar-refractivity contribution in [3.63, 3.8) is 0 Å². The Hall–Kier alpha value is -4.14. The van der Waals surface area contributed by atoms with Crippen LogP contribution in [0.1, 0.15) is 27.2 Å². The Morgan fingerprint density at radius 3 is 2.24 bits per heavy atom. The van der Waals surface area contributed by atoms with E-state index >= 15 is 0 Å². The molecule has 4 aromatic rings. The maximum absolute atomic E-state index is 14.1. The van der Waals surface area contributed by atoms with Crippen LogP contribution in [0.25, 0.3) is 5.69 Å². The third kappa shape index (κ3) is 5.25. The minimum absolute atomic E-state index is 0.000824. The Labute approximate surface area is 192 Å². The number of para-hydroxylation sites is 2. The largest absolute Gasteiger partial charge is 0.489 e. The number of alkyl halides is 3. The Morgan fingerprint density at radius 1 is 0.912 bits per heavy atom. The molecular formula is C25H19F4N3O2. The van der Waals surface area contributed by atoms with Gasteiger partial charge in [-0.25, -0.2) is 9.07 Å². The molecule has 3 aromatic carbocycles. The van der Waals surface area contributed by atoms with Gasteiger partial charge in [-0.1, -0.05) is 54.6 Å². The van der Waals surface area contributed by atoms with E-state index in [0.717, 1.165) is 29.6 Å². The van der Waals surface area contributed by atoms with Crippen LogP contribution in [0.2, 0.25) is 0 Å². The number of carbonyl (C=O) groups excluding carboxylic acids is 1. The van der Waals surface area contributed by atoms with Crippen LogP contribution in [0, 0.1) is 5.82 Å². The van der Waals surface area contributed by atoms with Crippen LogP contribution in [0.3, 0.4) is 0 Å². The highest BCUT2D eigenvalue weighted by Gasteiger charge is 2.41. The van der Waals surface area contributed by atoms with Gasteiger partial charge in [0.05, 0.1) is 11.8 Å². The third-order valence-corrected chi connectivity index (χ3v) is 4.99. The summed E-state index contributed by atoms with van der Waals surface area (Å²) in [5, 5.41) is 6.10. The maximum atomic E-state index is 14.1. The molecule has 4 rings (SSSR count). The number of nitrogens with one attached hydrogen (secondary N) is 1. The van der Waals surface area contributed by atoms with Gasteiger partial charge in [0.1, 0.15) is 23.9 Å². The zero-order valence-electron chi connectivity index (χ0n) is 17.7. The molecule has 0 bridgehead atoms. The Balaban J connectivity index is 1.44. The van der Waals surface area contributed by atoms with Crippen LogP contribution >= 0.6 is 0 Å². The number of ether oxygens (including phenoxy) is 1. The number of aromatic nitrogens is 2. The number of rotatable bonds is 7. The first-order valence-corrected chi connectivity index (χ1v) is 10.3. The van der Waals surface area contributed by atoms with Gasteiger partial charge in [0.25, 0.3) is 5.91 Å². The summed E-state index contributed by atoms with van der Waals surface area (Å²) in [4.78, 5) is 12.6. The van der Waals surface area contributed by atoms with E-state index < -0.39 is 34.8 Å². The van der Waals surface area contributed by atoms with Gasteiger partial charge in [0.15, 0.2) is 5.69 Å². The number of benzene rings is 3. The highest BCUT2D eigenvalue weighted by Crippen LogP contribution is 2.34. The molecule has 0 atom stereocenters. The van der Waals surface area contributed by atoms with Gasteiger partial charge in [0.2, 0.25) is 0 Å². The molecule has 5 nitrogen and oxygen atoms in total. The molecule has 0 saturated heterocycles. The average molecular weight is 469 g/mol. The summed E-state index contributed by atoms with van der Waals surface area (Å²) in [6, 6.07) is 21.3. The van der Waals surface area contributed by atoms with Gasteiger partial charge in [-0.05, 0) is 35.4 Å². The molecule has 9 heteroatoms. The van der Waals surface area contributed by atoms with E-state index in [4.69, 9.17) is 4.74 Å². The number of hydrogen-bond acceptors (Lipinski definition) is 3. The number of hydrogen-bond donors (Lipinski definition) is 1. The molecule has 1 heterocycles. The van der Waals surface area contributed by atoms with E-state index in [9.17, 15) is 22.4 Å². The minimum Gasteiger partial charge on any atom is -0.489 e. The molecule has 0 fully saturated rings. The van der Waals surface area contributed by atoms with Crippen molar-refractivity contribution >= 4 is 5.91 Å². The van der Waals surface area contributed by atoms with Crippen LogP contribution < -0.4 is 10.1 Å². The zero-order chi connectivity index (χ0) is 24.1. The molecule has 1 aromatic heterocycles. The summed E-state index contributed by atoms with van der Waals surface area (Å²) in [5.41, 5.74) is -0.856. The van der Waals surface area contributed by atoms with Gasteiger partial charge in [-0.15, -0.1) is 0 Å². The Kier molecular flexibility index (Phi) is 6.62. The molecule has 0 saturated carbocycles. The summed E-state index contributed by atoms with van der Waals surface area (Å²) >= 11 is 0. The lowest BCUT2D eigenvalue weighted by molar-refractivity contribution is -0.143. The normalized spacial score (nSPS) is 11.3. The van der Waals surface area contributed by atoms with Crippen molar-refractivity contribution in [3.8, 4) is 11.4 Å². The zero-order valence-corrected chi connectivity index (χ0v) is 17.7. The summed E-state index contributed by atoms with van der Waals surface area (Å²) in [6.45, 7) is 0.349. The molecule has 0 aliphatic carbocycles. The van der Waals surface area contributed by atoms with Gasteiger partial charge in [0, 0.05) is 6.54 Å². The highest BCUT2D eigenvalue weighted by molar-refractivity contribution is 5.95. The third-order valence-electron chi connectivity index (χ3n) is 4.99. The van der Waals surface area contributed by atoms with Crippen molar-refractivity contribution < 1.29 is 27.1 Å². The summed E-state index contributed by atoms with van der Waals surface area (Å²) in [5.74, 6) is -1.12. The van der Waals surface area contributed by atoms with Crippen LogP contribution in [-0.4, -0.2) is 15.7 Å². The van der Waals surface area contributed by atoms with E-state index in [-0.39, 0.29) is 6.54 Å². The predicted octanol–water partition coefficient (Wildman–Crippen LogP) is 5.54. The number of carbonyl (C=O) groups is 1. The number of halogens is 4. The number of nitrogens with zero attached hydrogens (tertiary/aromatic N) is 2. The standard InChI is InChI=1S/C25H19F4N3O2/c26-21-8-4-5-9-22(21)32-23(25(27,28)29)20(15-31-32)24(33)30-14-17-10-12-18(13-11-17)16-34-19-6-2-1-3-7-19/h1-13,15H,14,16H2,(H,30,33). The minimum atomic E-state index is -4.92. The smallest absolute Gasteiger partial charge is 0.434 e. The van der Waals surface area contributed by atoms with E-state index in [1.54, 1.807) is 12.1 Å². The second-order valence-corrected chi connectivity index (χ2v) is 7.37.